The molecule has 3 aromatic heterocycles. The molecule has 0 N–H and O–H groups in total. The summed E-state index contributed by atoms with van der Waals surface area (Å²) in [7, 11) is 0. The quantitative estimate of drug-likeness (QED) is 0.663. The fraction of sp³-hybridized carbons (Fsp3) is 0.429. The van der Waals surface area contributed by atoms with E-state index in [4.69, 9.17) is 0 Å². The summed E-state index contributed by atoms with van der Waals surface area (Å²) in [4.78, 5) is 25.7. The average molecular weight is 384 g/mol. The van der Waals surface area contributed by atoms with Crippen molar-refractivity contribution in [3.8, 4) is 0 Å². The Kier molecular flexibility index (Phi) is 5.15. The first-order valence-corrected chi connectivity index (χ1v) is 9.63. The molecule has 1 aliphatic carbocycles. The first kappa shape index (κ1) is 18.7. The summed E-state index contributed by atoms with van der Waals surface area (Å²) < 4.78 is 28.2. The number of aryl methyl sites for hydroxylation is 1. The fourth-order valence-corrected chi connectivity index (χ4v) is 4.05. The van der Waals surface area contributed by atoms with E-state index in [-0.39, 0.29) is 23.7 Å². The van der Waals surface area contributed by atoms with Gasteiger partial charge in [0.25, 0.3) is 12.0 Å². The number of fused-ring (bicyclic) bond motifs is 1. The summed E-state index contributed by atoms with van der Waals surface area (Å²) in [5.74, 6) is 0.203. The van der Waals surface area contributed by atoms with Crippen molar-refractivity contribution in [3.63, 3.8) is 0 Å². The largest absolute Gasteiger partial charge is 0.286 e. The molecule has 0 unspecified atom stereocenters. The minimum atomic E-state index is -2.75. The lowest BCUT2D eigenvalue weighted by Crippen LogP contribution is -2.28. The van der Waals surface area contributed by atoms with E-state index >= 15 is 0 Å². The third kappa shape index (κ3) is 3.53. The number of nitrogens with zero attached hydrogens (tertiary/aromatic N) is 4. The molecule has 0 aliphatic heterocycles. The van der Waals surface area contributed by atoms with Crippen LogP contribution in [0.15, 0.2) is 35.4 Å². The first-order chi connectivity index (χ1) is 13.5. The van der Waals surface area contributed by atoms with Gasteiger partial charge in [-0.05, 0) is 43.9 Å². The molecule has 4 rings (SSSR count). The number of rotatable bonds is 4. The highest BCUT2D eigenvalue weighted by Crippen LogP contribution is 2.32. The SMILES string of the molecule is Cc1ccc2cc(C3CCCCC3)c(=O)n(Cc3nccnc3C(F)F)c2n1. The maximum Gasteiger partial charge on any atom is 0.282 e. The van der Waals surface area contributed by atoms with Crippen molar-refractivity contribution in [1.82, 2.24) is 19.5 Å². The Morgan fingerprint density at radius 1 is 1.14 bits per heavy atom. The highest BCUT2D eigenvalue weighted by Gasteiger charge is 2.23. The molecule has 1 fully saturated rings. The van der Waals surface area contributed by atoms with Gasteiger partial charge in [0, 0.05) is 29.0 Å². The Balaban J connectivity index is 1.89. The number of hydrogen-bond acceptors (Lipinski definition) is 4. The number of hydrogen-bond donors (Lipinski definition) is 0. The molecule has 3 heterocycles. The minimum Gasteiger partial charge on any atom is -0.286 e. The summed E-state index contributed by atoms with van der Waals surface area (Å²) in [5, 5.41) is 0.841. The standard InChI is InChI=1S/C21H22F2N4O/c1-13-7-8-15-11-16(14-5-3-2-4-6-14)21(28)27(20(15)26-13)12-17-18(19(22)23)25-10-9-24-17/h7-11,14,19H,2-6,12H2,1H3. The zero-order valence-electron chi connectivity index (χ0n) is 15.7. The summed E-state index contributed by atoms with van der Waals surface area (Å²) in [6.45, 7) is 1.77. The molecule has 0 spiro atoms. The van der Waals surface area contributed by atoms with Gasteiger partial charge in [0.1, 0.15) is 11.3 Å². The number of halogens is 2. The normalized spacial score (nSPS) is 15.4. The van der Waals surface area contributed by atoms with Gasteiger partial charge >= 0.3 is 0 Å². The second kappa shape index (κ2) is 7.73. The molecule has 0 aromatic carbocycles. The van der Waals surface area contributed by atoms with Crippen LogP contribution in [0.2, 0.25) is 0 Å². The lowest BCUT2D eigenvalue weighted by molar-refractivity contribution is 0.144. The molecule has 1 saturated carbocycles. The molecule has 1 aliphatic rings. The van der Waals surface area contributed by atoms with Gasteiger partial charge in [0.05, 0.1) is 12.2 Å². The zero-order chi connectivity index (χ0) is 19.7. The van der Waals surface area contributed by atoms with E-state index < -0.39 is 12.1 Å². The summed E-state index contributed by atoms with van der Waals surface area (Å²) in [5.41, 5.74) is 1.56. The second-order valence-electron chi connectivity index (χ2n) is 7.38. The predicted octanol–water partition coefficient (Wildman–Crippen LogP) is 4.53. The summed E-state index contributed by atoms with van der Waals surface area (Å²) in [6, 6.07) is 5.76. The molecule has 146 valence electrons. The third-order valence-corrected chi connectivity index (χ3v) is 5.47. The number of pyridine rings is 2. The molecule has 0 bridgehead atoms. The molecule has 0 saturated heterocycles. The van der Waals surface area contributed by atoms with Crippen molar-refractivity contribution in [1.29, 1.82) is 0 Å². The van der Waals surface area contributed by atoms with Gasteiger partial charge < -0.3 is 0 Å². The van der Waals surface area contributed by atoms with Crippen LogP contribution in [0.25, 0.3) is 11.0 Å². The molecule has 0 amide bonds. The smallest absolute Gasteiger partial charge is 0.282 e. The van der Waals surface area contributed by atoms with Gasteiger partial charge in [-0.3, -0.25) is 19.3 Å². The summed E-state index contributed by atoms with van der Waals surface area (Å²) in [6.07, 6.45) is 5.23. The molecule has 7 heteroatoms. The lowest BCUT2D eigenvalue weighted by Gasteiger charge is -2.23. The number of alkyl halides is 2. The van der Waals surface area contributed by atoms with Crippen LogP contribution in [0.4, 0.5) is 8.78 Å². The van der Waals surface area contributed by atoms with E-state index in [1.807, 2.05) is 25.1 Å². The highest BCUT2D eigenvalue weighted by molar-refractivity contribution is 5.76. The van der Waals surface area contributed by atoms with E-state index in [0.29, 0.717) is 5.65 Å². The van der Waals surface area contributed by atoms with Crippen molar-refractivity contribution < 1.29 is 8.78 Å². The molecule has 0 atom stereocenters. The molecule has 3 aromatic rings. The maximum atomic E-state index is 13.4. The van der Waals surface area contributed by atoms with Gasteiger partial charge in [0.15, 0.2) is 0 Å². The lowest BCUT2D eigenvalue weighted by atomic mass is 9.84. The van der Waals surface area contributed by atoms with Crippen LogP contribution < -0.4 is 5.56 Å². The van der Waals surface area contributed by atoms with Gasteiger partial charge in [0.2, 0.25) is 0 Å². The van der Waals surface area contributed by atoms with Crippen LogP contribution >= 0.6 is 0 Å². The van der Waals surface area contributed by atoms with Gasteiger partial charge in [-0.2, -0.15) is 0 Å². The third-order valence-electron chi connectivity index (χ3n) is 5.47. The molecule has 28 heavy (non-hydrogen) atoms. The van der Waals surface area contributed by atoms with E-state index in [1.54, 1.807) is 0 Å². The van der Waals surface area contributed by atoms with Gasteiger partial charge in [-0.15, -0.1) is 0 Å². The van der Waals surface area contributed by atoms with Gasteiger partial charge in [-0.1, -0.05) is 19.3 Å². The van der Waals surface area contributed by atoms with Crippen LogP contribution in [0.3, 0.4) is 0 Å². The highest BCUT2D eigenvalue weighted by atomic mass is 19.3. The molecule has 5 nitrogen and oxygen atoms in total. The van der Waals surface area contributed by atoms with E-state index in [9.17, 15) is 13.6 Å². The Morgan fingerprint density at radius 3 is 2.64 bits per heavy atom. The predicted molar refractivity (Wildman–Crippen MR) is 103 cm³/mol. The summed E-state index contributed by atoms with van der Waals surface area (Å²) >= 11 is 0. The Hall–Kier alpha value is -2.70. The minimum absolute atomic E-state index is 0.0696. The average Bonchev–Trinajstić information content (AvgIpc) is 2.71. The van der Waals surface area contributed by atoms with Crippen LogP contribution in [0.1, 0.15) is 67.1 Å². The monoisotopic (exact) mass is 384 g/mol. The van der Waals surface area contributed by atoms with E-state index in [0.717, 1.165) is 42.3 Å². The molecular formula is C21H22F2N4O. The van der Waals surface area contributed by atoms with Crippen molar-refractivity contribution in [3.05, 3.63) is 63.6 Å². The number of aromatic nitrogens is 4. The van der Waals surface area contributed by atoms with Crippen molar-refractivity contribution in [2.24, 2.45) is 0 Å². The Bertz CT molecular complexity index is 1060. The fourth-order valence-electron chi connectivity index (χ4n) is 4.05. The molecular weight excluding hydrogens is 362 g/mol. The Labute approximate surface area is 161 Å². The zero-order valence-corrected chi connectivity index (χ0v) is 15.7. The first-order valence-electron chi connectivity index (χ1n) is 9.63. The second-order valence-corrected chi connectivity index (χ2v) is 7.38. The topological polar surface area (TPSA) is 60.7 Å². The van der Waals surface area contributed by atoms with Crippen LogP contribution in [-0.4, -0.2) is 19.5 Å². The van der Waals surface area contributed by atoms with Crippen molar-refractivity contribution >= 4 is 11.0 Å². The van der Waals surface area contributed by atoms with E-state index in [1.165, 1.54) is 23.4 Å². The molecule has 0 radical (unpaired) electrons. The maximum absolute atomic E-state index is 13.4. The van der Waals surface area contributed by atoms with Gasteiger partial charge in [-0.25, -0.2) is 13.8 Å². The van der Waals surface area contributed by atoms with Crippen LogP contribution in [-0.2, 0) is 6.54 Å². The van der Waals surface area contributed by atoms with Crippen LogP contribution in [0.5, 0.6) is 0 Å². The van der Waals surface area contributed by atoms with E-state index in [2.05, 4.69) is 15.0 Å². The van der Waals surface area contributed by atoms with Crippen molar-refractivity contribution in [2.45, 2.75) is 57.9 Å². The van der Waals surface area contributed by atoms with Crippen molar-refractivity contribution in [2.75, 3.05) is 0 Å². The Morgan fingerprint density at radius 2 is 1.89 bits per heavy atom. The van der Waals surface area contributed by atoms with Crippen LogP contribution in [0, 0.1) is 6.92 Å².